The van der Waals surface area contributed by atoms with Crippen LogP contribution >= 0.6 is 11.6 Å². The number of nitrogens with two attached hydrogens (primary N) is 1. The number of rotatable bonds is 6. The Morgan fingerprint density at radius 2 is 1.70 bits per heavy atom. The lowest BCUT2D eigenvalue weighted by atomic mass is 10.1. The van der Waals surface area contributed by atoms with Gasteiger partial charge in [-0.05, 0) is 29.8 Å². The van der Waals surface area contributed by atoms with Gasteiger partial charge >= 0.3 is 0 Å². The maximum absolute atomic E-state index is 12.3. The van der Waals surface area contributed by atoms with E-state index in [1.165, 1.54) is 6.07 Å². The maximum Gasteiger partial charge on any atom is 0.251 e. The number of halogens is 1. The summed E-state index contributed by atoms with van der Waals surface area (Å²) in [5.41, 5.74) is 6.51. The van der Waals surface area contributed by atoms with Gasteiger partial charge in [0.1, 0.15) is 0 Å². The van der Waals surface area contributed by atoms with Gasteiger partial charge in [-0.25, -0.2) is 0 Å². The van der Waals surface area contributed by atoms with Gasteiger partial charge in [0.05, 0.1) is 11.6 Å². The number of hydrogen-bond donors (Lipinski definition) is 3. The van der Waals surface area contributed by atoms with Crippen molar-refractivity contribution in [2.75, 3.05) is 13.3 Å². The van der Waals surface area contributed by atoms with Crippen LogP contribution in [0, 0.1) is 0 Å². The normalized spacial score (nSPS) is 11.7. The van der Waals surface area contributed by atoms with Crippen molar-refractivity contribution in [2.45, 2.75) is 6.54 Å². The second kappa shape index (κ2) is 7.96. The minimum absolute atomic E-state index is 0.0689. The van der Waals surface area contributed by atoms with Crippen LogP contribution in [0.15, 0.2) is 36.4 Å². The standard InChI is InChI=1S/C18H16ClN3O5/c19-13-5-12(6-14-16(13)27-9-26-14)18(25)21-7-10-1-3-11(4-2-10)17(24)22-8-15(20)23/h1-6H,7-9H2,(H2,20,23)(H,21,25)(H,22,24). The quantitative estimate of drug-likeness (QED) is 0.686. The van der Waals surface area contributed by atoms with Gasteiger partial charge in [0, 0.05) is 17.7 Å². The molecule has 3 amide bonds. The van der Waals surface area contributed by atoms with Crippen molar-refractivity contribution in [1.82, 2.24) is 10.6 Å². The summed E-state index contributed by atoms with van der Waals surface area (Å²) in [6, 6.07) is 9.66. The largest absolute Gasteiger partial charge is 0.454 e. The zero-order chi connectivity index (χ0) is 19.4. The van der Waals surface area contributed by atoms with Gasteiger partial charge in [0.25, 0.3) is 11.8 Å². The van der Waals surface area contributed by atoms with Crippen LogP contribution in [0.5, 0.6) is 11.5 Å². The van der Waals surface area contributed by atoms with Crippen molar-refractivity contribution in [1.29, 1.82) is 0 Å². The molecule has 1 aliphatic rings. The molecule has 0 aliphatic carbocycles. The van der Waals surface area contributed by atoms with E-state index in [0.717, 1.165) is 5.56 Å². The molecule has 0 fully saturated rings. The molecule has 2 aromatic carbocycles. The molecule has 1 heterocycles. The fourth-order valence-electron chi connectivity index (χ4n) is 2.43. The van der Waals surface area contributed by atoms with Gasteiger partial charge in [-0.3, -0.25) is 14.4 Å². The lowest BCUT2D eigenvalue weighted by Gasteiger charge is -2.08. The summed E-state index contributed by atoms with van der Waals surface area (Å²) in [6.45, 7) is 0.0995. The zero-order valence-corrected chi connectivity index (χ0v) is 14.8. The summed E-state index contributed by atoms with van der Waals surface area (Å²) < 4.78 is 10.5. The van der Waals surface area contributed by atoms with Crippen LogP contribution in [-0.2, 0) is 11.3 Å². The summed E-state index contributed by atoms with van der Waals surface area (Å²) in [4.78, 5) is 34.8. The zero-order valence-electron chi connectivity index (χ0n) is 14.1. The van der Waals surface area contributed by atoms with Gasteiger partial charge in [-0.15, -0.1) is 0 Å². The van der Waals surface area contributed by atoms with Crippen LogP contribution < -0.4 is 25.8 Å². The van der Waals surface area contributed by atoms with E-state index >= 15 is 0 Å². The van der Waals surface area contributed by atoms with Crippen LogP contribution in [0.3, 0.4) is 0 Å². The summed E-state index contributed by atoms with van der Waals surface area (Å²) in [7, 11) is 0. The fourth-order valence-corrected chi connectivity index (χ4v) is 2.69. The highest BCUT2D eigenvalue weighted by molar-refractivity contribution is 6.32. The Labute approximate surface area is 159 Å². The molecule has 0 saturated heterocycles. The minimum Gasteiger partial charge on any atom is -0.454 e. The number of benzene rings is 2. The molecular weight excluding hydrogens is 374 g/mol. The van der Waals surface area contributed by atoms with Gasteiger partial charge in [0.15, 0.2) is 11.5 Å². The number of nitrogens with one attached hydrogen (secondary N) is 2. The number of amides is 3. The van der Waals surface area contributed by atoms with Crippen LogP contribution in [0.1, 0.15) is 26.3 Å². The predicted octanol–water partition coefficient (Wildman–Crippen LogP) is 1.21. The van der Waals surface area contributed by atoms with Crippen LogP contribution in [0.4, 0.5) is 0 Å². The molecule has 0 aromatic heterocycles. The van der Waals surface area contributed by atoms with E-state index < -0.39 is 11.8 Å². The molecule has 0 saturated carbocycles. The van der Waals surface area contributed by atoms with E-state index in [0.29, 0.717) is 27.6 Å². The molecule has 4 N–H and O–H groups in total. The summed E-state index contributed by atoms with van der Waals surface area (Å²) >= 11 is 6.08. The number of carbonyl (C=O) groups excluding carboxylic acids is 3. The minimum atomic E-state index is -0.619. The Hall–Kier alpha value is -3.26. The Bertz CT molecular complexity index is 899. The molecule has 27 heavy (non-hydrogen) atoms. The average Bonchev–Trinajstić information content (AvgIpc) is 3.14. The molecule has 0 unspecified atom stereocenters. The molecule has 9 heteroatoms. The average molecular weight is 390 g/mol. The van der Waals surface area contributed by atoms with Crippen LogP contribution in [0.2, 0.25) is 5.02 Å². The van der Waals surface area contributed by atoms with Crippen molar-refractivity contribution in [3.05, 3.63) is 58.1 Å². The molecule has 0 atom stereocenters. The highest BCUT2D eigenvalue weighted by Gasteiger charge is 2.20. The van der Waals surface area contributed by atoms with Crippen molar-refractivity contribution < 1.29 is 23.9 Å². The monoisotopic (exact) mass is 389 g/mol. The van der Waals surface area contributed by atoms with Crippen LogP contribution in [-0.4, -0.2) is 31.1 Å². The topological polar surface area (TPSA) is 120 Å². The van der Waals surface area contributed by atoms with E-state index in [-0.39, 0.29) is 25.8 Å². The molecule has 0 spiro atoms. The molecular formula is C18H16ClN3O5. The molecule has 0 radical (unpaired) electrons. The van der Waals surface area contributed by atoms with E-state index in [2.05, 4.69) is 10.6 Å². The molecule has 2 aromatic rings. The summed E-state index contributed by atoms with van der Waals surface area (Å²) in [5, 5.41) is 5.47. The molecule has 3 rings (SSSR count). The van der Waals surface area contributed by atoms with E-state index in [1.807, 2.05) is 0 Å². The Kier molecular flexibility index (Phi) is 5.46. The number of primary amides is 1. The smallest absolute Gasteiger partial charge is 0.251 e. The van der Waals surface area contributed by atoms with Crippen molar-refractivity contribution in [3.8, 4) is 11.5 Å². The highest BCUT2D eigenvalue weighted by atomic mass is 35.5. The first kappa shape index (κ1) is 18.5. The van der Waals surface area contributed by atoms with Crippen molar-refractivity contribution in [3.63, 3.8) is 0 Å². The highest BCUT2D eigenvalue weighted by Crippen LogP contribution is 2.39. The third-order valence-electron chi connectivity index (χ3n) is 3.78. The molecule has 8 nitrogen and oxygen atoms in total. The number of ether oxygens (including phenoxy) is 2. The second-order valence-electron chi connectivity index (χ2n) is 5.72. The first-order valence-corrected chi connectivity index (χ1v) is 8.34. The summed E-state index contributed by atoms with van der Waals surface area (Å²) in [5.74, 6) is -0.485. The first-order chi connectivity index (χ1) is 12.9. The SMILES string of the molecule is NC(=O)CNC(=O)c1ccc(CNC(=O)c2cc(Cl)c3c(c2)OCO3)cc1. The Morgan fingerprint density at radius 3 is 2.41 bits per heavy atom. The Balaban J connectivity index is 1.58. The number of carbonyl (C=O) groups is 3. The van der Waals surface area contributed by atoms with Gasteiger partial charge in [-0.2, -0.15) is 0 Å². The van der Waals surface area contributed by atoms with Gasteiger partial charge < -0.3 is 25.8 Å². The van der Waals surface area contributed by atoms with Crippen molar-refractivity contribution in [2.24, 2.45) is 5.73 Å². The third-order valence-corrected chi connectivity index (χ3v) is 4.06. The van der Waals surface area contributed by atoms with Gasteiger partial charge in [0.2, 0.25) is 12.7 Å². The van der Waals surface area contributed by atoms with Crippen molar-refractivity contribution >= 4 is 29.3 Å². The molecule has 1 aliphatic heterocycles. The molecule has 140 valence electrons. The third kappa shape index (κ3) is 4.48. The number of hydrogen-bond acceptors (Lipinski definition) is 5. The van der Waals surface area contributed by atoms with E-state index in [9.17, 15) is 14.4 Å². The van der Waals surface area contributed by atoms with E-state index in [4.69, 9.17) is 26.8 Å². The van der Waals surface area contributed by atoms with E-state index in [1.54, 1.807) is 30.3 Å². The lowest BCUT2D eigenvalue weighted by Crippen LogP contribution is -2.33. The first-order valence-electron chi connectivity index (χ1n) is 7.97. The fraction of sp³-hybridized carbons (Fsp3) is 0.167. The second-order valence-corrected chi connectivity index (χ2v) is 6.13. The van der Waals surface area contributed by atoms with Crippen LogP contribution in [0.25, 0.3) is 0 Å². The molecule has 0 bridgehead atoms. The number of fused-ring (bicyclic) bond motifs is 1. The maximum atomic E-state index is 12.3. The Morgan fingerprint density at radius 1 is 1.00 bits per heavy atom. The predicted molar refractivity (Wildman–Crippen MR) is 96.7 cm³/mol. The summed E-state index contributed by atoms with van der Waals surface area (Å²) in [6.07, 6.45) is 0. The van der Waals surface area contributed by atoms with Gasteiger partial charge in [-0.1, -0.05) is 23.7 Å². The lowest BCUT2D eigenvalue weighted by molar-refractivity contribution is -0.117.